The molecule has 0 bridgehead atoms. The Kier molecular flexibility index (Phi) is 39.7. The molecule has 1 fully saturated rings. The van der Waals surface area contributed by atoms with Crippen molar-refractivity contribution in [3.8, 4) is 0 Å². The summed E-state index contributed by atoms with van der Waals surface area (Å²) in [6.07, 6.45) is 21.9. The number of carbonyl (C=O) groups excluding carboxylic acids is 8. The average Bonchev–Trinajstić information content (AvgIpc) is 3.34. The van der Waals surface area contributed by atoms with E-state index in [2.05, 4.69) is 31.3 Å². The second-order valence-electron chi connectivity index (χ2n) is 20.2. The molecule has 1 aliphatic rings. The molecule has 0 aromatic heterocycles. The molecule has 0 radical (unpaired) electrons. The minimum absolute atomic E-state index is 0.175. The SMILES string of the molecule is CCCCCCCCC/C=C\CCC[C@@H](OC(C)=O)[C@@H](OC(C)=O)[C@H](CO[C@@H]1O[C@H](COC(C)=O)[C@@H](OC(C)=O)[C@H](OC(C)=O)[C@H]1OC(C)=O)NC(=O)C(CCCCCCCCCCCCCCCCCC)OC(C)=O. The van der Waals surface area contributed by atoms with Crippen LogP contribution in [0.15, 0.2) is 12.2 Å². The van der Waals surface area contributed by atoms with E-state index in [9.17, 15) is 38.4 Å². The highest BCUT2D eigenvalue weighted by Gasteiger charge is 2.53. The summed E-state index contributed by atoms with van der Waals surface area (Å²) in [6.45, 7) is 11.2. The quantitative estimate of drug-likeness (QED) is 0.0259. The molecule has 9 atom stereocenters. The van der Waals surface area contributed by atoms with Crippen molar-refractivity contribution in [1.29, 1.82) is 0 Å². The monoisotopic (exact) mass is 1080 g/mol. The normalized spacial score (nSPS) is 18.9. The topological polar surface area (TPSA) is 232 Å². The Morgan fingerprint density at radius 2 is 0.895 bits per heavy atom. The van der Waals surface area contributed by atoms with Crippen LogP contribution in [0.3, 0.4) is 0 Å². The highest BCUT2D eigenvalue weighted by Crippen LogP contribution is 2.31. The second-order valence-corrected chi connectivity index (χ2v) is 20.2. The van der Waals surface area contributed by atoms with Crippen LogP contribution in [0, 0.1) is 0 Å². The van der Waals surface area contributed by atoms with Crippen molar-refractivity contribution in [2.75, 3.05) is 13.2 Å². The minimum atomic E-state index is -1.68. The summed E-state index contributed by atoms with van der Waals surface area (Å²) in [4.78, 5) is 102. The number of nitrogens with one attached hydrogen (secondary N) is 1. The number of esters is 7. The maximum Gasteiger partial charge on any atom is 0.303 e. The first-order valence-corrected chi connectivity index (χ1v) is 28.8. The summed E-state index contributed by atoms with van der Waals surface area (Å²) >= 11 is 0. The molecule has 1 saturated heterocycles. The predicted octanol–water partition coefficient (Wildman–Crippen LogP) is 10.9. The van der Waals surface area contributed by atoms with Crippen LogP contribution >= 0.6 is 0 Å². The van der Waals surface area contributed by atoms with Gasteiger partial charge in [-0.25, -0.2) is 0 Å². The highest BCUT2D eigenvalue weighted by molar-refractivity contribution is 5.83. The van der Waals surface area contributed by atoms with Crippen LogP contribution in [0.2, 0.25) is 0 Å². The fourth-order valence-electron chi connectivity index (χ4n) is 9.34. The molecule has 76 heavy (non-hydrogen) atoms. The number of hydrogen-bond donors (Lipinski definition) is 1. The van der Waals surface area contributed by atoms with Crippen molar-refractivity contribution in [2.24, 2.45) is 0 Å². The van der Waals surface area contributed by atoms with Gasteiger partial charge in [-0.1, -0.05) is 161 Å². The number of rotatable bonds is 44. The van der Waals surface area contributed by atoms with Gasteiger partial charge in [-0.05, 0) is 44.9 Å². The Balaban J connectivity index is 3.47. The summed E-state index contributed by atoms with van der Waals surface area (Å²) in [5.74, 6) is -6.20. The molecule has 1 amide bonds. The van der Waals surface area contributed by atoms with Crippen molar-refractivity contribution in [2.45, 2.75) is 297 Å². The van der Waals surface area contributed by atoms with Crippen LogP contribution in [0.1, 0.15) is 242 Å². The van der Waals surface area contributed by atoms with Crippen molar-refractivity contribution < 1.29 is 81.0 Å². The predicted molar refractivity (Wildman–Crippen MR) is 286 cm³/mol. The molecule has 1 aliphatic heterocycles. The van der Waals surface area contributed by atoms with Gasteiger partial charge in [0.1, 0.15) is 18.8 Å². The van der Waals surface area contributed by atoms with E-state index >= 15 is 0 Å². The molecule has 1 unspecified atom stereocenters. The van der Waals surface area contributed by atoms with Crippen molar-refractivity contribution in [1.82, 2.24) is 5.32 Å². The molecule has 18 nitrogen and oxygen atoms in total. The van der Waals surface area contributed by atoms with E-state index in [0.717, 1.165) is 79.6 Å². The molecule has 18 heteroatoms. The van der Waals surface area contributed by atoms with Crippen LogP contribution in [0.25, 0.3) is 0 Å². The minimum Gasteiger partial charge on any atom is -0.463 e. The average molecular weight is 1080 g/mol. The van der Waals surface area contributed by atoms with Gasteiger partial charge in [-0.3, -0.25) is 38.4 Å². The first kappa shape index (κ1) is 69.4. The molecular weight excluding hydrogens is 983 g/mol. The maximum atomic E-state index is 14.4. The first-order chi connectivity index (χ1) is 36.4. The van der Waals surface area contributed by atoms with Gasteiger partial charge in [0.25, 0.3) is 5.91 Å². The molecule has 0 aliphatic carbocycles. The Bertz CT molecular complexity index is 1690. The van der Waals surface area contributed by atoms with Gasteiger partial charge >= 0.3 is 41.8 Å². The smallest absolute Gasteiger partial charge is 0.303 e. The largest absolute Gasteiger partial charge is 0.463 e. The standard InChI is InChI=1S/C58H99NO17/c1-10-12-14-16-18-20-22-24-25-26-27-29-31-33-35-37-39-51(71-44(5)62)57(67)59-49(53(72-45(6)63)50(70-43(4)61)38-36-34-32-30-28-23-21-19-17-15-13-11-2)40-69-58-56(75-48(9)66)55(74-47(8)65)54(73-46(7)64)52(76-58)41-68-42(3)60/h30,32,49-56,58H,10-29,31,33-41H2,1-9H3,(H,59,67)/b32-30-/t49-,50+,51?,52+,53-,54+,55-,56+,58+/m0/s1. The van der Waals surface area contributed by atoms with Crippen LogP contribution in [-0.4, -0.2) is 116 Å². The lowest BCUT2D eigenvalue weighted by atomic mass is 9.97. The lowest BCUT2D eigenvalue weighted by Gasteiger charge is -2.44. The Morgan fingerprint density at radius 1 is 0.461 bits per heavy atom. The van der Waals surface area contributed by atoms with E-state index in [4.69, 9.17) is 42.6 Å². The van der Waals surface area contributed by atoms with E-state index in [1.165, 1.54) is 117 Å². The maximum absolute atomic E-state index is 14.4. The van der Waals surface area contributed by atoms with Crippen LogP contribution in [-0.2, 0) is 81.0 Å². The number of ether oxygens (including phenoxy) is 9. The zero-order chi connectivity index (χ0) is 56.5. The molecule has 0 saturated carbocycles. The molecular formula is C58H99NO17. The molecule has 0 spiro atoms. The van der Waals surface area contributed by atoms with Crippen LogP contribution < -0.4 is 5.32 Å². The fraction of sp³-hybridized carbons (Fsp3) is 0.828. The van der Waals surface area contributed by atoms with Gasteiger partial charge < -0.3 is 47.9 Å². The van der Waals surface area contributed by atoms with Gasteiger partial charge in [-0.2, -0.15) is 0 Å². The third-order valence-corrected chi connectivity index (χ3v) is 13.0. The van der Waals surface area contributed by atoms with E-state index in [1.54, 1.807) is 0 Å². The number of hydrogen-bond acceptors (Lipinski definition) is 17. The van der Waals surface area contributed by atoms with Gasteiger partial charge in [0.05, 0.1) is 12.6 Å². The summed E-state index contributed by atoms with van der Waals surface area (Å²) in [6, 6.07) is -1.37. The van der Waals surface area contributed by atoms with Crippen LogP contribution in [0.4, 0.5) is 0 Å². The summed E-state index contributed by atoms with van der Waals surface area (Å²) < 4.78 is 51.7. The van der Waals surface area contributed by atoms with Gasteiger partial charge in [0.2, 0.25) is 0 Å². The van der Waals surface area contributed by atoms with E-state index < -0.39 is 116 Å². The summed E-state index contributed by atoms with van der Waals surface area (Å²) in [5, 5.41) is 2.85. The molecule has 438 valence electrons. The molecule has 1 heterocycles. The molecule has 0 aromatic carbocycles. The second kappa shape index (κ2) is 43.4. The molecule has 1 N–H and O–H groups in total. The van der Waals surface area contributed by atoms with Crippen molar-refractivity contribution in [3.63, 3.8) is 0 Å². The fourth-order valence-corrected chi connectivity index (χ4v) is 9.34. The Morgan fingerprint density at radius 3 is 1.36 bits per heavy atom. The summed E-state index contributed by atoms with van der Waals surface area (Å²) in [5.41, 5.74) is 0. The molecule has 1 rings (SSSR count). The van der Waals surface area contributed by atoms with E-state index in [1.807, 2.05) is 0 Å². The van der Waals surface area contributed by atoms with E-state index in [0.29, 0.717) is 19.3 Å². The van der Waals surface area contributed by atoms with E-state index in [-0.39, 0.29) is 12.8 Å². The van der Waals surface area contributed by atoms with Crippen LogP contribution in [0.5, 0.6) is 0 Å². The molecule has 0 aromatic rings. The number of amides is 1. The lowest BCUT2D eigenvalue weighted by molar-refractivity contribution is -0.310. The van der Waals surface area contributed by atoms with Gasteiger partial charge in [0.15, 0.2) is 36.8 Å². The zero-order valence-corrected chi connectivity index (χ0v) is 48.0. The first-order valence-electron chi connectivity index (χ1n) is 28.8. The number of carbonyl (C=O) groups is 8. The number of unbranched alkanes of at least 4 members (excludes halogenated alkanes) is 23. The summed E-state index contributed by atoms with van der Waals surface area (Å²) in [7, 11) is 0. The third-order valence-electron chi connectivity index (χ3n) is 13.0. The lowest BCUT2D eigenvalue weighted by Crippen LogP contribution is -2.63. The Labute approximate surface area is 455 Å². The van der Waals surface area contributed by atoms with Crippen molar-refractivity contribution >= 4 is 47.7 Å². The third kappa shape index (κ3) is 34.2. The highest BCUT2D eigenvalue weighted by atomic mass is 16.7. The Hall–Kier alpha value is -4.58. The van der Waals surface area contributed by atoms with Crippen molar-refractivity contribution in [3.05, 3.63) is 12.2 Å². The zero-order valence-electron chi connectivity index (χ0n) is 48.0. The number of allylic oxidation sites excluding steroid dienone is 2. The van der Waals surface area contributed by atoms with Gasteiger partial charge in [-0.15, -0.1) is 0 Å². The van der Waals surface area contributed by atoms with Gasteiger partial charge in [0, 0.05) is 48.5 Å².